The minimum atomic E-state index is -4.98. The van der Waals surface area contributed by atoms with Crippen LogP contribution in [0.3, 0.4) is 0 Å². The molecule has 0 N–H and O–H groups in total. The molecule has 0 saturated heterocycles. The van der Waals surface area contributed by atoms with Crippen LogP contribution in [-0.4, -0.2) is 12.3 Å². The average molecular weight is 146 g/mol. The Morgan fingerprint density at radius 1 is 1.22 bits per heavy atom. The summed E-state index contributed by atoms with van der Waals surface area (Å²) in [5.74, 6) is 0. The fourth-order valence-corrected chi connectivity index (χ4v) is 0.173. The van der Waals surface area contributed by atoms with Crippen LogP contribution < -0.4 is 0 Å². The van der Waals surface area contributed by atoms with E-state index in [0.717, 1.165) is 0 Å². The fraction of sp³-hybridized carbons (Fsp3) is 0.500. The second kappa shape index (κ2) is 2.80. The first-order valence-electron chi connectivity index (χ1n) is 1.96. The van der Waals surface area contributed by atoms with E-state index < -0.39 is 18.7 Å². The lowest BCUT2D eigenvalue weighted by atomic mass is 10.4. The predicted octanol–water partition coefficient (Wildman–Crippen LogP) is 2.37. The van der Waals surface area contributed by atoms with Crippen LogP contribution in [0.15, 0.2) is 12.4 Å². The van der Waals surface area contributed by atoms with Crippen molar-refractivity contribution in [1.82, 2.24) is 0 Å². The van der Waals surface area contributed by atoms with Crippen molar-refractivity contribution in [2.24, 2.45) is 0 Å². The molecule has 0 bridgehead atoms. The van der Waals surface area contributed by atoms with Gasteiger partial charge in [0.2, 0.25) is 6.17 Å². The van der Waals surface area contributed by atoms with Crippen LogP contribution in [0.5, 0.6) is 0 Å². The minimum Gasteiger partial charge on any atom is -0.233 e. The molecule has 0 aliphatic carbocycles. The van der Waals surface area contributed by atoms with Crippen LogP contribution in [-0.2, 0) is 0 Å². The molecule has 0 heterocycles. The first-order chi connectivity index (χ1) is 3.98. The van der Waals surface area contributed by atoms with Gasteiger partial charge in [0.15, 0.2) is 0 Å². The quantitative estimate of drug-likeness (QED) is 0.498. The molecule has 0 aromatic rings. The number of allylic oxidation sites excluding steroid dienone is 1. The summed E-state index contributed by atoms with van der Waals surface area (Å²) >= 11 is 0. The number of alkyl halides is 4. The summed E-state index contributed by atoms with van der Waals surface area (Å²) in [6.07, 6.45) is -8.86. The molecule has 0 aliphatic heterocycles. The van der Waals surface area contributed by atoms with E-state index in [4.69, 9.17) is 0 Å². The summed E-state index contributed by atoms with van der Waals surface area (Å²) in [4.78, 5) is 0. The van der Waals surface area contributed by atoms with E-state index >= 15 is 0 Å². The molecular formula is C4H3F5. The van der Waals surface area contributed by atoms with Gasteiger partial charge < -0.3 is 0 Å². The third-order valence-electron chi connectivity index (χ3n) is 0.554. The van der Waals surface area contributed by atoms with Crippen LogP contribution in [0.2, 0.25) is 0 Å². The van der Waals surface area contributed by atoms with Gasteiger partial charge in [-0.05, 0) is 6.08 Å². The van der Waals surface area contributed by atoms with E-state index in [1.165, 1.54) is 0 Å². The van der Waals surface area contributed by atoms with Gasteiger partial charge in [0, 0.05) is 0 Å². The Balaban J connectivity index is 3.88. The molecule has 5 heteroatoms. The fourth-order valence-electron chi connectivity index (χ4n) is 0.173. The van der Waals surface area contributed by atoms with Crippen molar-refractivity contribution >= 4 is 0 Å². The monoisotopic (exact) mass is 146 g/mol. The molecule has 9 heavy (non-hydrogen) atoms. The van der Waals surface area contributed by atoms with Crippen LogP contribution in [0.25, 0.3) is 0 Å². The van der Waals surface area contributed by atoms with Gasteiger partial charge in [0.25, 0.3) is 0 Å². The normalized spacial score (nSPS) is 16.6. The van der Waals surface area contributed by atoms with E-state index in [0.29, 0.717) is 0 Å². The van der Waals surface area contributed by atoms with Crippen LogP contribution >= 0.6 is 0 Å². The lowest BCUT2D eigenvalue weighted by Gasteiger charge is -2.05. The van der Waals surface area contributed by atoms with Gasteiger partial charge in [0.05, 0.1) is 6.33 Å². The Kier molecular flexibility index (Phi) is 2.61. The zero-order chi connectivity index (χ0) is 7.49. The number of halogens is 5. The van der Waals surface area contributed by atoms with Gasteiger partial charge >= 0.3 is 6.18 Å². The van der Waals surface area contributed by atoms with E-state index in [-0.39, 0.29) is 6.08 Å². The molecule has 54 valence electrons. The van der Waals surface area contributed by atoms with Crippen LogP contribution in [0.4, 0.5) is 22.0 Å². The molecule has 1 unspecified atom stereocenters. The highest BCUT2D eigenvalue weighted by atomic mass is 19.4. The molecule has 0 fully saturated rings. The first kappa shape index (κ1) is 8.39. The van der Waals surface area contributed by atoms with Gasteiger partial charge in [-0.15, -0.1) is 0 Å². The maximum atomic E-state index is 11.5. The van der Waals surface area contributed by atoms with E-state index in [9.17, 15) is 22.0 Å². The Labute approximate surface area is 48.0 Å². The Morgan fingerprint density at radius 2 is 1.67 bits per heavy atom. The summed E-state index contributed by atoms with van der Waals surface area (Å²) in [5, 5.41) is 0. The second-order valence-electron chi connectivity index (χ2n) is 1.26. The maximum Gasteiger partial charge on any atom is 0.423 e. The smallest absolute Gasteiger partial charge is 0.233 e. The second-order valence-corrected chi connectivity index (χ2v) is 1.26. The zero-order valence-corrected chi connectivity index (χ0v) is 4.12. The van der Waals surface area contributed by atoms with E-state index in [1.807, 2.05) is 0 Å². The number of hydrogen-bond donors (Lipinski definition) is 0. The molecule has 0 rings (SSSR count). The average Bonchev–Trinajstić information content (AvgIpc) is 1.64. The Morgan fingerprint density at radius 3 is 1.78 bits per heavy atom. The SMILES string of the molecule is F/C=C/C(F)C(F)(F)F. The van der Waals surface area contributed by atoms with Crippen LogP contribution in [0, 0.1) is 0 Å². The Bertz CT molecular complexity index is 102. The summed E-state index contributed by atoms with van der Waals surface area (Å²) in [6, 6.07) is 0. The Hall–Kier alpha value is -0.610. The van der Waals surface area contributed by atoms with E-state index in [1.54, 1.807) is 0 Å². The summed E-state index contributed by atoms with van der Waals surface area (Å²) < 4.78 is 55.4. The molecule has 0 aromatic heterocycles. The molecule has 0 radical (unpaired) electrons. The summed E-state index contributed by atoms with van der Waals surface area (Å²) in [5.41, 5.74) is 0. The van der Waals surface area contributed by atoms with Gasteiger partial charge in [0.1, 0.15) is 0 Å². The highest BCUT2D eigenvalue weighted by molar-refractivity contribution is 4.87. The largest absolute Gasteiger partial charge is 0.423 e. The van der Waals surface area contributed by atoms with Crippen molar-refractivity contribution in [2.45, 2.75) is 12.3 Å². The van der Waals surface area contributed by atoms with Crippen molar-refractivity contribution in [3.8, 4) is 0 Å². The van der Waals surface area contributed by atoms with Crippen molar-refractivity contribution in [3.05, 3.63) is 12.4 Å². The highest BCUT2D eigenvalue weighted by Gasteiger charge is 2.38. The summed E-state index contributed by atoms with van der Waals surface area (Å²) in [6.45, 7) is 0. The number of hydrogen-bond acceptors (Lipinski definition) is 0. The maximum absolute atomic E-state index is 11.5. The van der Waals surface area contributed by atoms with Gasteiger partial charge in [-0.2, -0.15) is 13.2 Å². The molecule has 0 aromatic carbocycles. The molecule has 0 aliphatic rings. The highest BCUT2D eigenvalue weighted by Crippen LogP contribution is 2.23. The van der Waals surface area contributed by atoms with Crippen molar-refractivity contribution in [2.75, 3.05) is 0 Å². The number of rotatable bonds is 1. The lowest BCUT2D eigenvalue weighted by Crippen LogP contribution is -2.21. The zero-order valence-electron chi connectivity index (χ0n) is 4.12. The minimum absolute atomic E-state index is 0.208. The van der Waals surface area contributed by atoms with Gasteiger partial charge in [-0.25, -0.2) is 8.78 Å². The van der Waals surface area contributed by atoms with Crippen molar-refractivity contribution < 1.29 is 22.0 Å². The third-order valence-corrected chi connectivity index (χ3v) is 0.554. The molecule has 0 nitrogen and oxygen atoms in total. The van der Waals surface area contributed by atoms with Gasteiger partial charge in [-0.3, -0.25) is 0 Å². The van der Waals surface area contributed by atoms with Gasteiger partial charge in [-0.1, -0.05) is 0 Å². The first-order valence-corrected chi connectivity index (χ1v) is 1.96. The molecule has 1 atom stereocenters. The van der Waals surface area contributed by atoms with E-state index in [2.05, 4.69) is 0 Å². The van der Waals surface area contributed by atoms with Crippen molar-refractivity contribution in [3.63, 3.8) is 0 Å². The summed E-state index contributed by atoms with van der Waals surface area (Å²) in [7, 11) is 0. The third kappa shape index (κ3) is 3.05. The lowest BCUT2D eigenvalue weighted by molar-refractivity contribution is -0.166. The standard InChI is InChI=1S/C4H3F5/c5-2-1-3(6)4(7,8)9/h1-3H/b2-1+. The molecular weight excluding hydrogens is 143 g/mol. The van der Waals surface area contributed by atoms with Crippen LogP contribution in [0.1, 0.15) is 0 Å². The predicted molar refractivity (Wildman–Crippen MR) is 21.2 cm³/mol. The molecule has 0 amide bonds. The van der Waals surface area contributed by atoms with Crippen molar-refractivity contribution in [1.29, 1.82) is 0 Å². The molecule has 0 saturated carbocycles. The molecule has 0 spiro atoms. The topological polar surface area (TPSA) is 0 Å².